The Bertz CT molecular complexity index is 607. The van der Waals surface area contributed by atoms with Gasteiger partial charge in [-0.05, 0) is 19.9 Å². The molecule has 0 unspecified atom stereocenters. The summed E-state index contributed by atoms with van der Waals surface area (Å²) in [5.74, 6) is 0.267. The number of hydrogen-bond acceptors (Lipinski definition) is 5. The fourth-order valence-electron chi connectivity index (χ4n) is 1.77. The highest BCUT2D eigenvalue weighted by Crippen LogP contribution is 2.21. The van der Waals surface area contributed by atoms with Crippen molar-refractivity contribution in [3.05, 3.63) is 36.2 Å². The summed E-state index contributed by atoms with van der Waals surface area (Å²) in [4.78, 5) is 11.6. The Morgan fingerprint density at radius 1 is 1.30 bits per heavy atom. The van der Waals surface area contributed by atoms with Gasteiger partial charge in [0.15, 0.2) is 0 Å². The first-order chi connectivity index (χ1) is 9.63. The van der Waals surface area contributed by atoms with Crippen LogP contribution < -0.4 is 10.5 Å². The van der Waals surface area contributed by atoms with E-state index in [1.807, 2.05) is 13.0 Å². The third-order valence-corrected chi connectivity index (χ3v) is 2.58. The van der Waals surface area contributed by atoms with Crippen LogP contribution in [-0.2, 0) is 4.74 Å². The fraction of sp³-hybridized carbons (Fsp3) is 0.286. The molecule has 2 aromatic rings. The lowest BCUT2D eigenvalue weighted by molar-refractivity contribution is 0.0526. The van der Waals surface area contributed by atoms with Crippen LogP contribution in [0.15, 0.2) is 30.6 Å². The van der Waals surface area contributed by atoms with Crippen molar-refractivity contribution in [2.75, 3.05) is 18.9 Å². The molecule has 2 rings (SSSR count). The molecule has 0 aliphatic heterocycles. The molecule has 0 saturated carbocycles. The van der Waals surface area contributed by atoms with Gasteiger partial charge in [-0.3, -0.25) is 0 Å². The molecule has 1 aromatic carbocycles. The van der Waals surface area contributed by atoms with Crippen LogP contribution in [0.25, 0.3) is 5.69 Å². The Labute approximate surface area is 117 Å². The first kappa shape index (κ1) is 13.9. The van der Waals surface area contributed by atoms with E-state index in [4.69, 9.17) is 15.2 Å². The molecule has 20 heavy (non-hydrogen) atoms. The fourth-order valence-corrected chi connectivity index (χ4v) is 1.77. The summed E-state index contributed by atoms with van der Waals surface area (Å²) >= 11 is 0. The number of aromatic nitrogens is 2. The van der Waals surface area contributed by atoms with E-state index in [0.717, 1.165) is 5.69 Å². The molecule has 0 amide bonds. The predicted octanol–water partition coefficient (Wildman–Crippen LogP) is 2.03. The number of benzene rings is 1. The molecular weight excluding hydrogens is 258 g/mol. The monoisotopic (exact) mass is 275 g/mol. The molecular formula is C14H17N3O3. The topological polar surface area (TPSA) is 79.4 Å². The van der Waals surface area contributed by atoms with Crippen molar-refractivity contribution in [3.63, 3.8) is 0 Å². The molecule has 0 spiro atoms. The number of anilines is 1. The SMILES string of the molecule is CCOC(=O)c1cnn(-c2cc(N)cc(OCC)c2)c1. The van der Waals surface area contributed by atoms with Crippen molar-refractivity contribution in [2.24, 2.45) is 0 Å². The normalized spacial score (nSPS) is 10.3. The van der Waals surface area contributed by atoms with Crippen molar-refractivity contribution in [1.82, 2.24) is 9.78 Å². The summed E-state index contributed by atoms with van der Waals surface area (Å²) in [5, 5.41) is 4.14. The number of carbonyl (C=O) groups is 1. The lowest BCUT2D eigenvalue weighted by Gasteiger charge is -2.08. The molecule has 0 fully saturated rings. The maximum atomic E-state index is 11.6. The average Bonchev–Trinajstić information content (AvgIpc) is 2.88. The first-order valence-electron chi connectivity index (χ1n) is 6.39. The third-order valence-electron chi connectivity index (χ3n) is 2.58. The highest BCUT2D eigenvalue weighted by atomic mass is 16.5. The Morgan fingerprint density at radius 3 is 2.80 bits per heavy atom. The smallest absolute Gasteiger partial charge is 0.341 e. The summed E-state index contributed by atoms with van der Waals surface area (Å²) in [6, 6.07) is 5.30. The van der Waals surface area contributed by atoms with E-state index in [9.17, 15) is 4.79 Å². The number of carbonyl (C=O) groups excluding carboxylic acids is 1. The Morgan fingerprint density at radius 2 is 2.10 bits per heavy atom. The van der Waals surface area contributed by atoms with E-state index < -0.39 is 5.97 Å². The van der Waals surface area contributed by atoms with Gasteiger partial charge in [0.1, 0.15) is 5.75 Å². The molecule has 1 aromatic heterocycles. The minimum absolute atomic E-state index is 0.330. The molecule has 106 valence electrons. The maximum absolute atomic E-state index is 11.6. The van der Waals surface area contributed by atoms with Crippen molar-refractivity contribution in [2.45, 2.75) is 13.8 Å². The number of ether oxygens (including phenoxy) is 2. The molecule has 0 bridgehead atoms. The molecule has 1 heterocycles. The summed E-state index contributed by atoms with van der Waals surface area (Å²) < 4.78 is 11.9. The molecule has 0 atom stereocenters. The predicted molar refractivity (Wildman–Crippen MR) is 75.1 cm³/mol. The Hall–Kier alpha value is -2.50. The van der Waals surface area contributed by atoms with Crippen LogP contribution in [0, 0.1) is 0 Å². The van der Waals surface area contributed by atoms with Gasteiger partial charge in [-0.15, -0.1) is 0 Å². The van der Waals surface area contributed by atoms with Crippen LogP contribution in [0.4, 0.5) is 5.69 Å². The minimum atomic E-state index is -0.396. The zero-order chi connectivity index (χ0) is 14.5. The number of nitrogen functional groups attached to an aromatic ring is 1. The van der Waals surface area contributed by atoms with Gasteiger partial charge >= 0.3 is 5.97 Å². The zero-order valence-corrected chi connectivity index (χ0v) is 11.5. The zero-order valence-electron chi connectivity index (χ0n) is 11.5. The average molecular weight is 275 g/mol. The van der Waals surface area contributed by atoms with Gasteiger partial charge in [-0.25, -0.2) is 9.48 Å². The minimum Gasteiger partial charge on any atom is -0.494 e. The van der Waals surface area contributed by atoms with E-state index in [0.29, 0.717) is 30.2 Å². The summed E-state index contributed by atoms with van der Waals surface area (Å²) in [7, 11) is 0. The highest BCUT2D eigenvalue weighted by Gasteiger charge is 2.11. The van der Waals surface area contributed by atoms with E-state index in [-0.39, 0.29) is 0 Å². The van der Waals surface area contributed by atoms with Crippen LogP contribution >= 0.6 is 0 Å². The third kappa shape index (κ3) is 3.09. The van der Waals surface area contributed by atoms with Crippen LogP contribution in [0.3, 0.4) is 0 Å². The molecule has 6 nitrogen and oxygen atoms in total. The summed E-state index contributed by atoms with van der Waals surface area (Å²) in [6.45, 7) is 4.54. The van der Waals surface area contributed by atoms with Gasteiger partial charge < -0.3 is 15.2 Å². The lowest BCUT2D eigenvalue weighted by Crippen LogP contribution is -2.03. The van der Waals surface area contributed by atoms with Gasteiger partial charge in [0.05, 0.1) is 30.7 Å². The lowest BCUT2D eigenvalue weighted by atomic mass is 10.2. The number of esters is 1. The molecule has 0 saturated heterocycles. The number of rotatable bonds is 5. The van der Waals surface area contributed by atoms with E-state index in [1.54, 1.807) is 29.9 Å². The van der Waals surface area contributed by atoms with Crippen molar-refractivity contribution in [1.29, 1.82) is 0 Å². The van der Waals surface area contributed by atoms with Crippen LogP contribution in [-0.4, -0.2) is 29.0 Å². The van der Waals surface area contributed by atoms with Gasteiger partial charge in [-0.1, -0.05) is 0 Å². The Kier molecular flexibility index (Phi) is 4.24. The second kappa shape index (κ2) is 6.10. The van der Waals surface area contributed by atoms with Crippen LogP contribution in [0.2, 0.25) is 0 Å². The standard InChI is InChI=1S/C14H17N3O3/c1-3-19-13-6-11(15)5-12(7-13)17-9-10(8-16-17)14(18)20-4-2/h5-9H,3-4,15H2,1-2H3. The van der Waals surface area contributed by atoms with Crippen molar-refractivity contribution >= 4 is 11.7 Å². The van der Waals surface area contributed by atoms with E-state index in [2.05, 4.69) is 5.10 Å². The van der Waals surface area contributed by atoms with Gasteiger partial charge in [-0.2, -0.15) is 5.10 Å². The molecule has 0 aliphatic rings. The quantitative estimate of drug-likeness (QED) is 0.667. The first-order valence-corrected chi connectivity index (χ1v) is 6.39. The van der Waals surface area contributed by atoms with E-state index in [1.165, 1.54) is 6.20 Å². The highest BCUT2D eigenvalue weighted by molar-refractivity contribution is 5.88. The molecule has 2 N–H and O–H groups in total. The maximum Gasteiger partial charge on any atom is 0.341 e. The van der Waals surface area contributed by atoms with Crippen molar-refractivity contribution < 1.29 is 14.3 Å². The van der Waals surface area contributed by atoms with Gasteiger partial charge in [0.2, 0.25) is 0 Å². The summed E-state index contributed by atoms with van der Waals surface area (Å²) in [5.41, 5.74) is 7.52. The Balaban J connectivity index is 2.29. The second-order valence-corrected chi connectivity index (χ2v) is 4.09. The largest absolute Gasteiger partial charge is 0.494 e. The summed E-state index contributed by atoms with van der Waals surface area (Å²) in [6.07, 6.45) is 3.06. The van der Waals surface area contributed by atoms with Crippen LogP contribution in [0.1, 0.15) is 24.2 Å². The number of hydrogen-bond donors (Lipinski definition) is 1. The molecule has 0 radical (unpaired) electrons. The second-order valence-electron chi connectivity index (χ2n) is 4.09. The molecule has 0 aliphatic carbocycles. The number of nitrogens with zero attached hydrogens (tertiary/aromatic N) is 2. The van der Waals surface area contributed by atoms with E-state index >= 15 is 0 Å². The number of nitrogens with two attached hydrogens (primary N) is 1. The van der Waals surface area contributed by atoms with Crippen LogP contribution in [0.5, 0.6) is 5.75 Å². The molecule has 6 heteroatoms. The van der Waals surface area contributed by atoms with Crippen molar-refractivity contribution in [3.8, 4) is 11.4 Å². The van der Waals surface area contributed by atoms with Gasteiger partial charge in [0.25, 0.3) is 0 Å². The van der Waals surface area contributed by atoms with Gasteiger partial charge in [0, 0.05) is 24.0 Å².